The van der Waals surface area contributed by atoms with Crippen LogP contribution in [0.4, 0.5) is 5.69 Å². The smallest absolute Gasteiger partial charge is 0.320 e. The molecule has 27 heavy (non-hydrogen) atoms. The number of nitro benzene ring substituents is 1. The molecule has 1 aliphatic heterocycles. The second-order valence-electron chi connectivity index (χ2n) is 7.44. The van der Waals surface area contributed by atoms with Crippen LogP contribution in [0.5, 0.6) is 0 Å². The van der Waals surface area contributed by atoms with Gasteiger partial charge in [-0.25, -0.2) is 0 Å². The lowest BCUT2D eigenvalue weighted by Gasteiger charge is -2.32. The van der Waals surface area contributed by atoms with Crippen molar-refractivity contribution in [3.05, 3.63) is 51.4 Å². The first-order valence-electron chi connectivity index (χ1n) is 9.35. The molecular formula is C20H22N2O4S. The number of hydrogen-bond donors (Lipinski definition) is 1. The van der Waals surface area contributed by atoms with Gasteiger partial charge in [0.05, 0.1) is 4.92 Å². The van der Waals surface area contributed by atoms with Gasteiger partial charge >= 0.3 is 5.97 Å². The predicted octanol–water partition coefficient (Wildman–Crippen LogP) is 4.54. The van der Waals surface area contributed by atoms with E-state index in [0.29, 0.717) is 18.5 Å². The molecule has 0 spiro atoms. The van der Waals surface area contributed by atoms with Crippen LogP contribution < -0.4 is 0 Å². The quantitative estimate of drug-likeness (QED) is 0.602. The average molecular weight is 386 g/mol. The Kier molecular flexibility index (Phi) is 4.97. The molecule has 1 saturated heterocycles. The van der Waals surface area contributed by atoms with E-state index < -0.39 is 10.9 Å². The number of carboxylic acid groups (broad SMARTS) is 1. The molecule has 7 heteroatoms. The van der Waals surface area contributed by atoms with Crippen molar-refractivity contribution in [2.24, 2.45) is 5.92 Å². The number of nitrogens with zero attached hydrogens (tertiary/aromatic N) is 2. The summed E-state index contributed by atoms with van der Waals surface area (Å²) in [7, 11) is 0. The van der Waals surface area contributed by atoms with Gasteiger partial charge in [-0.05, 0) is 55.0 Å². The Bertz CT molecular complexity index is 848. The Hall–Kier alpha value is -2.25. The van der Waals surface area contributed by atoms with E-state index in [9.17, 15) is 20.0 Å². The molecule has 0 bridgehead atoms. The number of carbonyl (C=O) groups is 1. The van der Waals surface area contributed by atoms with Crippen LogP contribution in [0.15, 0.2) is 36.4 Å². The standard InChI is InChI=1S/C20H22N2O4S/c23-20(24)18-11-14-3-1-2-4-17(14)21(18)12-16-9-10-19(27-16)13-5-7-15(8-6-13)22(25)26/h5-10,14,17-18H,1-4,11-12H2,(H,23,24). The number of thiophene rings is 1. The summed E-state index contributed by atoms with van der Waals surface area (Å²) < 4.78 is 0. The Morgan fingerprint density at radius 2 is 1.93 bits per heavy atom. The molecule has 1 saturated carbocycles. The van der Waals surface area contributed by atoms with Crippen LogP contribution >= 0.6 is 11.3 Å². The lowest BCUT2D eigenvalue weighted by atomic mass is 9.85. The van der Waals surface area contributed by atoms with Gasteiger partial charge in [0.15, 0.2) is 0 Å². The highest BCUT2D eigenvalue weighted by Gasteiger charge is 2.45. The van der Waals surface area contributed by atoms with Crippen molar-refractivity contribution in [2.75, 3.05) is 0 Å². The van der Waals surface area contributed by atoms with Crippen LogP contribution in [0.25, 0.3) is 10.4 Å². The lowest BCUT2D eigenvalue weighted by molar-refractivity contribution is -0.384. The van der Waals surface area contributed by atoms with Crippen LogP contribution in [0.1, 0.15) is 37.0 Å². The molecule has 1 aliphatic carbocycles. The van der Waals surface area contributed by atoms with Crippen LogP contribution in [-0.2, 0) is 11.3 Å². The van der Waals surface area contributed by atoms with Crippen molar-refractivity contribution in [3.63, 3.8) is 0 Å². The van der Waals surface area contributed by atoms with Crippen LogP contribution in [0.2, 0.25) is 0 Å². The maximum Gasteiger partial charge on any atom is 0.320 e. The first kappa shape index (κ1) is 18.1. The Labute approximate surface area is 161 Å². The second kappa shape index (κ2) is 7.40. The van der Waals surface area contributed by atoms with E-state index in [1.165, 1.54) is 25.0 Å². The van der Waals surface area contributed by atoms with Gasteiger partial charge in [-0.15, -0.1) is 11.3 Å². The number of non-ortho nitro benzene ring substituents is 1. The molecule has 1 N–H and O–H groups in total. The van der Waals surface area contributed by atoms with E-state index in [0.717, 1.165) is 34.6 Å². The van der Waals surface area contributed by atoms with Crippen LogP contribution in [0, 0.1) is 16.0 Å². The summed E-state index contributed by atoms with van der Waals surface area (Å²) in [5.41, 5.74) is 1.03. The minimum absolute atomic E-state index is 0.0836. The van der Waals surface area contributed by atoms with Gasteiger partial charge in [0.2, 0.25) is 0 Å². The summed E-state index contributed by atoms with van der Waals surface area (Å²) in [6, 6.07) is 10.6. The minimum Gasteiger partial charge on any atom is -0.480 e. The fraction of sp³-hybridized carbons (Fsp3) is 0.450. The molecule has 1 aromatic carbocycles. The SMILES string of the molecule is O=C(O)C1CC2CCCCC2N1Cc1ccc(-c2ccc([N+](=O)[O-])cc2)s1. The van der Waals surface area contributed by atoms with E-state index in [1.807, 2.05) is 6.07 Å². The third-order valence-corrected chi connectivity index (χ3v) is 6.99. The van der Waals surface area contributed by atoms with Crippen LogP contribution in [0.3, 0.4) is 0 Å². The van der Waals surface area contributed by atoms with E-state index in [4.69, 9.17) is 0 Å². The minimum atomic E-state index is -0.712. The van der Waals surface area contributed by atoms with E-state index in [2.05, 4.69) is 11.0 Å². The van der Waals surface area contributed by atoms with Crippen molar-refractivity contribution < 1.29 is 14.8 Å². The highest BCUT2D eigenvalue weighted by molar-refractivity contribution is 7.15. The molecule has 3 atom stereocenters. The van der Waals surface area contributed by atoms with Crippen molar-refractivity contribution >= 4 is 23.0 Å². The summed E-state index contributed by atoms with van der Waals surface area (Å²) in [6.07, 6.45) is 5.40. The molecule has 3 unspecified atom stereocenters. The number of aliphatic carboxylic acids is 1. The summed E-state index contributed by atoms with van der Waals surface area (Å²) in [4.78, 5) is 26.5. The molecule has 4 rings (SSSR count). The average Bonchev–Trinajstić information content (AvgIpc) is 3.27. The fourth-order valence-electron chi connectivity index (χ4n) is 4.57. The first-order chi connectivity index (χ1) is 13.0. The van der Waals surface area contributed by atoms with Gasteiger partial charge in [-0.2, -0.15) is 0 Å². The highest BCUT2D eigenvalue weighted by atomic mass is 32.1. The van der Waals surface area contributed by atoms with Crippen LogP contribution in [-0.4, -0.2) is 33.0 Å². The lowest BCUT2D eigenvalue weighted by Crippen LogP contribution is -2.41. The summed E-state index contributed by atoms with van der Waals surface area (Å²) in [5, 5.41) is 20.5. The molecule has 2 fully saturated rings. The molecule has 6 nitrogen and oxygen atoms in total. The third kappa shape index (κ3) is 3.61. The summed E-state index contributed by atoms with van der Waals surface area (Å²) >= 11 is 1.64. The summed E-state index contributed by atoms with van der Waals surface area (Å²) in [6.45, 7) is 0.662. The number of rotatable bonds is 5. The fourth-order valence-corrected chi connectivity index (χ4v) is 5.59. The van der Waals surface area contributed by atoms with Gasteiger partial charge in [0.25, 0.3) is 5.69 Å². The number of nitro groups is 1. The molecule has 0 amide bonds. The Balaban J connectivity index is 1.52. The second-order valence-corrected chi connectivity index (χ2v) is 8.61. The first-order valence-corrected chi connectivity index (χ1v) is 10.2. The van der Waals surface area contributed by atoms with Gasteiger partial charge in [0, 0.05) is 34.5 Å². The molecule has 2 aromatic rings. The molecule has 0 radical (unpaired) electrons. The number of hydrogen-bond acceptors (Lipinski definition) is 5. The highest BCUT2D eigenvalue weighted by Crippen LogP contribution is 2.41. The number of carboxylic acids is 1. The monoisotopic (exact) mass is 386 g/mol. The van der Waals surface area contributed by atoms with Crippen molar-refractivity contribution in [3.8, 4) is 10.4 Å². The van der Waals surface area contributed by atoms with Gasteiger partial charge in [0.1, 0.15) is 6.04 Å². The zero-order valence-corrected chi connectivity index (χ0v) is 15.7. The van der Waals surface area contributed by atoms with E-state index >= 15 is 0 Å². The van der Waals surface area contributed by atoms with Gasteiger partial charge in [-0.3, -0.25) is 19.8 Å². The van der Waals surface area contributed by atoms with E-state index in [1.54, 1.807) is 23.5 Å². The largest absolute Gasteiger partial charge is 0.480 e. The number of fused-ring (bicyclic) bond motifs is 1. The van der Waals surface area contributed by atoms with Crippen molar-refractivity contribution in [1.82, 2.24) is 4.90 Å². The van der Waals surface area contributed by atoms with Gasteiger partial charge in [-0.1, -0.05) is 12.8 Å². The molecular weight excluding hydrogens is 364 g/mol. The Morgan fingerprint density at radius 3 is 2.63 bits per heavy atom. The predicted molar refractivity (Wildman–Crippen MR) is 104 cm³/mol. The zero-order valence-electron chi connectivity index (χ0n) is 14.9. The molecule has 2 aliphatic rings. The van der Waals surface area contributed by atoms with E-state index in [-0.39, 0.29) is 11.7 Å². The molecule has 142 valence electrons. The maximum atomic E-state index is 11.8. The van der Waals surface area contributed by atoms with Crippen molar-refractivity contribution in [2.45, 2.75) is 50.7 Å². The molecule has 1 aromatic heterocycles. The maximum absolute atomic E-state index is 11.8. The number of benzene rings is 1. The number of likely N-dealkylation sites (tertiary alicyclic amines) is 1. The van der Waals surface area contributed by atoms with Gasteiger partial charge < -0.3 is 5.11 Å². The topological polar surface area (TPSA) is 83.7 Å². The summed E-state index contributed by atoms with van der Waals surface area (Å²) in [5.74, 6) is -0.203. The zero-order chi connectivity index (χ0) is 19.0. The third-order valence-electron chi connectivity index (χ3n) is 5.87. The molecule has 2 heterocycles. The Morgan fingerprint density at radius 1 is 1.19 bits per heavy atom. The normalized spacial score (nSPS) is 25.3. The van der Waals surface area contributed by atoms with Crippen molar-refractivity contribution in [1.29, 1.82) is 0 Å².